The third-order valence-corrected chi connectivity index (χ3v) is 4.79. The standard InChI is InChI=1S/C21H17ClN2O4/c1-12(21(26)28-17-10-23-15-7-3-2-5-13(15)17)9-19(25)27-18-11-24-16-8-4-6-14(22)20(16)18/h2-8,10-12,23-24H,9H2,1H3. The lowest BCUT2D eigenvalue weighted by atomic mass is 10.1. The maximum Gasteiger partial charge on any atom is 0.314 e. The van der Waals surface area contributed by atoms with Crippen LogP contribution in [0.2, 0.25) is 5.02 Å². The van der Waals surface area contributed by atoms with Gasteiger partial charge in [0.25, 0.3) is 0 Å². The Balaban J connectivity index is 1.42. The molecule has 28 heavy (non-hydrogen) atoms. The minimum Gasteiger partial charge on any atom is -0.424 e. The summed E-state index contributed by atoms with van der Waals surface area (Å²) in [6, 6.07) is 12.8. The minimum absolute atomic E-state index is 0.113. The predicted octanol–water partition coefficient (Wildman–Crippen LogP) is 4.84. The summed E-state index contributed by atoms with van der Waals surface area (Å²) in [6.07, 6.45) is 3.09. The summed E-state index contributed by atoms with van der Waals surface area (Å²) < 4.78 is 10.9. The third kappa shape index (κ3) is 3.46. The van der Waals surface area contributed by atoms with E-state index in [0.717, 1.165) is 16.4 Å². The van der Waals surface area contributed by atoms with Gasteiger partial charge in [-0.3, -0.25) is 9.59 Å². The van der Waals surface area contributed by atoms with Crippen molar-refractivity contribution < 1.29 is 19.1 Å². The van der Waals surface area contributed by atoms with Crippen LogP contribution in [0.4, 0.5) is 0 Å². The Kier molecular flexibility index (Phi) is 4.79. The topological polar surface area (TPSA) is 84.2 Å². The summed E-state index contributed by atoms with van der Waals surface area (Å²) in [7, 11) is 0. The van der Waals surface area contributed by atoms with Gasteiger partial charge in [-0.05, 0) is 24.3 Å². The van der Waals surface area contributed by atoms with E-state index >= 15 is 0 Å². The molecule has 4 rings (SSSR count). The van der Waals surface area contributed by atoms with Crippen LogP contribution in [-0.4, -0.2) is 21.9 Å². The average Bonchev–Trinajstić information content (AvgIpc) is 3.27. The number of nitrogens with one attached hydrogen (secondary N) is 2. The number of carbonyl (C=O) groups is 2. The lowest BCUT2D eigenvalue weighted by molar-refractivity contribution is -0.144. The van der Waals surface area contributed by atoms with Crippen molar-refractivity contribution in [1.29, 1.82) is 0 Å². The Morgan fingerprint density at radius 3 is 2.54 bits per heavy atom. The molecule has 0 radical (unpaired) electrons. The number of aromatic nitrogens is 2. The molecule has 6 nitrogen and oxygen atoms in total. The molecule has 2 N–H and O–H groups in total. The molecule has 0 spiro atoms. The Bertz CT molecular complexity index is 1180. The molecule has 4 aromatic rings. The normalized spacial score (nSPS) is 12.2. The highest BCUT2D eigenvalue weighted by Crippen LogP contribution is 2.32. The number of halogens is 1. The van der Waals surface area contributed by atoms with Gasteiger partial charge in [0.1, 0.15) is 0 Å². The number of fused-ring (bicyclic) bond motifs is 2. The van der Waals surface area contributed by atoms with Crippen molar-refractivity contribution in [2.45, 2.75) is 13.3 Å². The molecule has 1 atom stereocenters. The van der Waals surface area contributed by atoms with Crippen molar-refractivity contribution in [2.75, 3.05) is 0 Å². The second-order valence-corrected chi connectivity index (χ2v) is 6.92. The molecule has 0 aliphatic rings. The fourth-order valence-corrected chi connectivity index (χ4v) is 3.29. The fraction of sp³-hybridized carbons (Fsp3) is 0.143. The molecule has 2 heterocycles. The molecule has 0 amide bonds. The van der Waals surface area contributed by atoms with Crippen LogP contribution in [0.15, 0.2) is 54.9 Å². The van der Waals surface area contributed by atoms with Gasteiger partial charge >= 0.3 is 11.9 Å². The van der Waals surface area contributed by atoms with Crippen molar-refractivity contribution in [1.82, 2.24) is 9.97 Å². The Labute approximate surface area is 165 Å². The second-order valence-electron chi connectivity index (χ2n) is 6.51. The molecule has 0 saturated heterocycles. The van der Waals surface area contributed by atoms with Crippen LogP contribution < -0.4 is 9.47 Å². The zero-order valence-electron chi connectivity index (χ0n) is 15.0. The number of hydrogen-bond donors (Lipinski definition) is 2. The van der Waals surface area contributed by atoms with Crippen LogP contribution in [0.1, 0.15) is 13.3 Å². The van der Waals surface area contributed by atoms with E-state index in [1.807, 2.05) is 30.3 Å². The maximum atomic E-state index is 12.4. The molecular weight excluding hydrogens is 380 g/mol. The fourth-order valence-electron chi connectivity index (χ4n) is 3.03. The number of aromatic amines is 2. The highest BCUT2D eigenvalue weighted by molar-refractivity contribution is 6.36. The van der Waals surface area contributed by atoms with Gasteiger partial charge in [-0.1, -0.05) is 36.7 Å². The van der Waals surface area contributed by atoms with Crippen molar-refractivity contribution in [3.8, 4) is 11.5 Å². The van der Waals surface area contributed by atoms with E-state index in [4.69, 9.17) is 21.1 Å². The molecule has 0 bridgehead atoms. The smallest absolute Gasteiger partial charge is 0.314 e. The van der Waals surface area contributed by atoms with Gasteiger partial charge in [0.15, 0.2) is 11.5 Å². The highest BCUT2D eigenvalue weighted by Gasteiger charge is 2.22. The second kappa shape index (κ2) is 7.40. The van der Waals surface area contributed by atoms with Gasteiger partial charge in [0.2, 0.25) is 0 Å². The Hall–Kier alpha value is -3.25. The van der Waals surface area contributed by atoms with E-state index < -0.39 is 17.9 Å². The summed E-state index contributed by atoms with van der Waals surface area (Å²) >= 11 is 6.18. The van der Waals surface area contributed by atoms with Crippen molar-refractivity contribution >= 4 is 45.3 Å². The number of ether oxygens (including phenoxy) is 2. The van der Waals surface area contributed by atoms with Gasteiger partial charge in [-0.15, -0.1) is 0 Å². The maximum absolute atomic E-state index is 12.4. The first-order valence-electron chi connectivity index (χ1n) is 8.77. The Morgan fingerprint density at radius 1 is 0.964 bits per heavy atom. The summed E-state index contributed by atoms with van der Waals surface area (Å²) in [5.74, 6) is -0.934. The summed E-state index contributed by atoms with van der Waals surface area (Å²) in [4.78, 5) is 30.7. The number of carbonyl (C=O) groups excluding carboxylic acids is 2. The highest BCUT2D eigenvalue weighted by atomic mass is 35.5. The molecule has 0 aliphatic heterocycles. The van der Waals surface area contributed by atoms with Gasteiger partial charge in [0.05, 0.1) is 28.3 Å². The number of hydrogen-bond acceptors (Lipinski definition) is 4. The molecule has 0 aliphatic carbocycles. The number of para-hydroxylation sites is 1. The molecule has 2 aromatic carbocycles. The molecule has 7 heteroatoms. The molecular formula is C21H17ClN2O4. The lowest BCUT2D eigenvalue weighted by Crippen LogP contribution is -2.22. The molecule has 142 valence electrons. The van der Waals surface area contributed by atoms with E-state index in [-0.39, 0.29) is 6.42 Å². The predicted molar refractivity (Wildman–Crippen MR) is 107 cm³/mol. The van der Waals surface area contributed by atoms with Crippen molar-refractivity contribution in [3.63, 3.8) is 0 Å². The van der Waals surface area contributed by atoms with E-state index in [1.165, 1.54) is 0 Å². The quantitative estimate of drug-likeness (QED) is 0.473. The number of rotatable bonds is 5. The summed E-state index contributed by atoms with van der Waals surface area (Å²) in [6.45, 7) is 1.63. The van der Waals surface area contributed by atoms with E-state index in [2.05, 4.69) is 9.97 Å². The van der Waals surface area contributed by atoms with Crippen LogP contribution in [0.25, 0.3) is 21.8 Å². The third-order valence-electron chi connectivity index (χ3n) is 4.48. The van der Waals surface area contributed by atoms with Crippen LogP contribution in [-0.2, 0) is 9.59 Å². The number of H-pyrrole nitrogens is 2. The van der Waals surface area contributed by atoms with E-state index in [0.29, 0.717) is 21.9 Å². The molecule has 0 saturated carbocycles. The molecule has 0 fully saturated rings. The Morgan fingerprint density at radius 2 is 1.68 bits per heavy atom. The van der Waals surface area contributed by atoms with Crippen LogP contribution in [0.3, 0.4) is 0 Å². The lowest BCUT2D eigenvalue weighted by Gasteiger charge is -2.10. The zero-order chi connectivity index (χ0) is 19.7. The zero-order valence-corrected chi connectivity index (χ0v) is 15.7. The van der Waals surface area contributed by atoms with Gasteiger partial charge < -0.3 is 19.4 Å². The van der Waals surface area contributed by atoms with Crippen LogP contribution >= 0.6 is 11.6 Å². The first-order valence-corrected chi connectivity index (χ1v) is 9.15. The van der Waals surface area contributed by atoms with Crippen molar-refractivity contribution in [3.05, 3.63) is 59.9 Å². The van der Waals surface area contributed by atoms with E-state index in [9.17, 15) is 9.59 Å². The largest absolute Gasteiger partial charge is 0.424 e. The minimum atomic E-state index is -0.665. The SMILES string of the molecule is CC(CC(=O)Oc1c[nH]c2cccc(Cl)c12)C(=O)Oc1c[nH]c2ccccc12. The number of esters is 2. The number of benzene rings is 2. The van der Waals surface area contributed by atoms with E-state index in [1.54, 1.807) is 31.5 Å². The first kappa shape index (κ1) is 18.1. The van der Waals surface area contributed by atoms with Crippen LogP contribution in [0.5, 0.6) is 11.5 Å². The monoisotopic (exact) mass is 396 g/mol. The average molecular weight is 397 g/mol. The van der Waals surface area contributed by atoms with Crippen molar-refractivity contribution in [2.24, 2.45) is 5.92 Å². The van der Waals surface area contributed by atoms with Crippen LogP contribution in [0, 0.1) is 5.92 Å². The first-order chi connectivity index (χ1) is 13.5. The molecule has 2 aromatic heterocycles. The van der Waals surface area contributed by atoms with Gasteiger partial charge in [0, 0.05) is 23.3 Å². The van der Waals surface area contributed by atoms with Gasteiger partial charge in [-0.2, -0.15) is 0 Å². The van der Waals surface area contributed by atoms with Gasteiger partial charge in [-0.25, -0.2) is 0 Å². The summed E-state index contributed by atoms with van der Waals surface area (Å²) in [5, 5.41) is 1.92. The molecule has 1 unspecified atom stereocenters. The summed E-state index contributed by atoms with van der Waals surface area (Å²) in [5.41, 5.74) is 1.63.